The summed E-state index contributed by atoms with van der Waals surface area (Å²) in [5.74, 6) is -0.175. The third-order valence-electron chi connectivity index (χ3n) is 3.54. The minimum atomic E-state index is -3.27. The number of anilines is 1. The molecule has 6 heteroatoms. The lowest BCUT2D eigenvalue weighted by molar-refractivity contribution is -0.116. The molecule has 0 aliphatic carbocycles. The SMILES string of the molecule is CCCN(CCC(=O)Nc1ccccc1C(C)(C)C)S(C)(=O)=O. The van der Waals surface area contributed by atoms with E-state index in [-0.39, 0.29) is 24.3 Å². The van der Waals surface area contributed by atoms with Gasteiger partial charge >= 0.3 is 0 Å². The van der Waals surface area contributed by atoms with E-state index in [0.29, 0.717) is 6.54 Å². The molecule has 0 heterocycles. The molecule has 0 saturated carbocycles. The Labute approximate surface area is 140 Å². The van der Waals surface area contributed by atoms with E-state index < -0.39 is 10.0 Å². The molecule has 1 amide bonds. The second-order valence-electron chi connectivity index (χ2n) is 6.76. The molecule has 0 aliphatic rings. The quantitative estimate of drug-likeness (QED) is 0.830. The summed E-state index contributed by atoms with van der Waals surface area (Å²) in [5.41, 5.74) is 1.76. The predicted octanol–water partition coefficient (Wildman–Crippen LogP) is 2.98. The molecule has 0 saturated heterocycles. The predicted molar refractivity (Wildman–Crippen MR) is 95.1 cm³/mol. The molecular weight excluding hydrogens is 312 g/mol. The highest BCUT2D eigenvalue weighted by molar-refractivity contribution is 7.88. The van der Waals surface area contributed by atoms with Crippen LogP contribution in [0.3, 0.4) is 0 Å². The fourth-order valence-electron chi connectivity index (χ4n) is 2.38. The average Bonchev–Trinajstić information content (AvgIpc) is 2.41. The molecular formula is C17H28N2O3S. The van der Waals surface area contributed by atoms with Crippen LogP contribution in [0.25, 0.3) is 0 Å². The van der Waals surface area contributed by atoms with E-state index in [0.717, 1.165) is 17.7 Å². The van der Waals surface area contributed by atoms with Crippen LogP contribution in [-0.2, 0) is 20.2 Å². The van der Waals surface area contributed by atoms with Gasteiger partial charge in [0, 0.05) is 25.2 Å². The number of para-hydroxylation sites is 1. The molecule has 130 valence electrons. The van der Waals surface area contributed by atoms with E-state index in [2.05, 4.69) is 26.1 Å². The number of hydrogen-bond acceptors (Lipinski definition) is 3. The molecule has 5 nitrogen and oxygen atoms in total. The Morgan fingerprint density at radius 2 is 1.78 bits per heavy atom. The highest BCUT2D eigenvalue weighted by Gasteiger charge is 2.20. The smallest absolute Gasteiger partial charge is 0.225 e. The molecule has 1 rings (SSSR count). The Morgan fingerprint density at radius 1 is 1.17 bits per heavy atom. The zero-order valence-corrected chi connectivity index (χ0v) is 15.5. The van der Waals surface area contributed by atoms with Gasteiger partial charge in [0.1, 0.15) is 0 Å². The fourth-order valence-corrected chi connectivity index (χ4v) is 3.32. The zero-order valence-electron chi connectivity index (χ0n) is 14.7. The molecule has 0 unspecified atom stereocenters. The lowest BCUT2D eigenvalue weighted by atomic mass is 9.86. The van der Waals surface area contributed by atoms with Crippen LogP contribution >= 0.6 is 0 Å². The Kier molecular flexibility index (Phi) is 6.77. The van der Waals surface area contributed by atoms with Crippen LogP contribution in [0.4, 0.5) is 5.69 Å². The number of carbonyl (C=O) groups is 1. The second kappa shape index (κ2) is 7.93. The molecule has 1 N–H and O–H groups in total. The number of hydrogen-bond donors (Lipinski definition) is 1. The first-order valence-electron chi connectivity index (χ1n) is 7.90. The second-order valence-corrected chi connectivity index (χ2v) is 8.74. The van der Waals surface area contributed by atoms with Gasteiger partial charge in [0.15, 0.2) is 0 Å². The van der Waals surface area contributed by atoms with Crippen molar-refractivity contribution in [3.63, 3.8) is 0 Å². The minimum Gasteiger partial charge on any atom is -0.326 e. The third-order valence-corrected chi connectivity index (χ3v) is 4.84. The van der Waals surface area contributed by atoms with Crippen molar-refractivity contribution in [3.05, 3.63) is 29.8 Å². The van der Waals surface area contributed by atoms with Crippen LogP contribution in [0.5, 0.6) is 0 Å². The van der Waals surface area contributed by atoms with Gasteiger partial charge in [-0.2, -0.15) is 0 Å². The van der Waals surface area contributed by atoms with Gasteiger partial charge in [0.25, 0.3) is 0 Å². The van der Waals surface area contributed by atoms with Crippen LogP contribution < -0.4 is 5.32 Å². The van der Waals surface area contributed by atoms with Crippen LogP contribution in [0.1, 0.15) is 46.1 Å². The number of nitrogens with zero attached hydrogens (tertiary/aromatic N) is 1. The number of sulfonamides is 1. The highest BCUT2D eigenvalue weighted by atomic mass is 32.2. The standard InChI is InChI=1S/C17H28N2O3S/c1-6-12-19(23(5,21)22)13-11-16(20)18-15-10-8-7-9-14(15)17(2,3)4/h7-10H,6,11-13H2,1-5H3,(H,18,20). The maximum absolute atomic E-state index is 12.2. The van der Waals surface area contributed by atoms with E-state index in [1.807, 2.05) is 31.2 Å². The summed E-state index contributed by atoms with van der Waals surface area (Å²) in [7, 11) is -3.27. The Balaban J connectivity index is 2.75. The van der Waals surface area contributed by atoms with Gasteiger partial charge < -0.3 is 5.32 Å². The lowest BCUT2D eigenvalue weighted by Gasteiger charge is -2.23. The number of rotatable bonds is 7. The minimum absolute atomic E-state index is 0.0785. The van der Waals surface area contributed by atoms with Gasteiger partial charge in [-0.25, -0.2) is 12.7 Å². The molecule has 0 atom stereocenters. The third kappa shape index (κ3) is 6.31. The van der Waals surface area contributed by atoms with Crippen LogP contribution in [0, 0.1) is 0 Å². The lowest BCUT2D eigenvalue weighted by Crippen LogP contribution is -2.33. The van der Waals surface area contributed by atoms with Crippen molar-refractivity contribution in [3.8, 4) is 0 Å². The Bertz CT molecular complexity index is 633. The van der Waals surface area contributed by atoms with Crippen molar-refractivity contribution in [2.45, 2.75) is 46.0 Å². The Morgan fingerprint density at radius 3 is 2.30 bits per heavy atom. The molecule has 0 aliphatic heterocycles. The van der Waals surface area contributed by atoms with Crippen LogP contribution in [-0.4, -0.2) is 38.0 Å². The summed E-state index contributed by atoms with van der Waals surface area (Å²) in [4.78, 5) is 12.2. The number of nitrogens with one attached hydrogen (secondary N) is 1. The zero-order chi connectivity index (χ0) is 17.7. The summed E-state index contributed by atoms with van der Waals surface area (Å²) >= 11 is 0. The molecule has 1 aromatic carbocycles. The van der Waals surface area contributed by atoms with Gasteiger partial charge in [-0.05, 0) is 23.5 Å². The summed E-state index contributed by atoms with van der Waals surface area (Å²) in [6.45, 7) is 8.82. The first-order valence-corrected chi connectivity index (χ1v) is 9.75. The van der Waals surface area contributed by atoms with Crippen molar-refractivity contribution in [1.29, 1.82) is 0 Å². The molecule has 0 aromatic heterocycles. The summed E-state index contributed by atoms with van der Waals surface area (Å²) in [5, 5.41) is 2.91. The average molecular weight is 340 g/mol. The molecule has 0 radical (unpaired) electrons. The summed E-state index contributed by atoms with van der Waals surface area (Å²) < 4.78 is 24.7. The van der Waals surface area contributed by atoms with E-state index in [1.54, 1.807) is 0 Å². The van der Waals surface area contributed by atoms with E-state index in [9.17, 15) is 13.2 Å². The van der Waals surface area contributed by atoms with Crippen LogP contribution in [0.2, 0.25) is 0 Å². The molecule has 1 aromatic rings. The van der Waals surface area contributed by atoms with Gasteiger partial charge in [-0.3, -0.25) is 4.79 Å². The summed E-state index contributed by atoms with van der Waals surface area (Å²) in [6.07, 6.45) is 2.04. The normalized spacial score (nSPS) is 12.4. The van der Waals surface area contributed by atoms with Crippen molar-refractivity contribution in [2.24, 2.45) is 0 Å². The van der Waals surface area contributed by atoms with Crippen LogP contribution in [0.15, 0.2) is 24.3 Å². The van der Waals surface area contributed by atoms with Crippen molar-refractivity contribution in [1.82, 2.24) is 4.31 Å². The number of benzene rings is 1. The van der Waals surface area contributed by atoms with Crippen molar-refractivity contribution < 1.29 is 13.2 Å². The molecule has 0 bridgehead atoms. The molecule has 0 fully saturated rings. The van der Waals surface area contributed by atoms with Gasteiger partial charge in [-0.1, -0.05) is 45.9 Å². The maximum Gasteiger partial charge on any atom is 0.225 e. The van der Waals surface area contributed by atoms with E-state index >= 15 is 0 Å². The van der Waals surface area contributed by atoms with E-state index in [4.69, 9.17) is 0 Å². The molecule has 0 spiro atoms. The number of amides is 1. The summed E-state index contributed by atoms with van der Waals surface area (Å²) in [6, 6.07) is 7.70. The first-order chi connectivity index (χ1) is 10.6. The van der Waals surface area contributed by atoms with Gasteiger partial charge in [0.2, 0.25) is 15.9 Å². The fraction of sp³-hybridized carbons (Fsp3) is 0.588. The maximum atomic E-state index is 12.2. The first kappa shape index (κ1) is 19.6. The molecule has 23 heavy (non-hydrogen) atoms. The van der Waals surface area contributed by atoms with Gasteiger partial charge in [0.05, 0.1) is 6.26 Å². The van der Waals surface area contributed by atoms with Crippen molar-refractivity contribution >= 4 is 21.6 Å². The largest absolute Gasteiger partial charge is 0.326 e. The van der Waals surface area contributed by atoms with Gasteiger partial charge in [-0.15, -0.1) is 0 Å². The van der Waals surface area contributed by atoms with E-state index in [1.165, 1.54) is 10.6 Å². The monoisotopic (exact) mass is 340 g/mol. The highest BCUT2D eigenvalue weighted by Crippen LogP contribution is 2.29. The topological polar surface area (TPSA) is 66.5 Å². The number of carbonyl (C=O) groups excluding carboxylic acids is 1. The van der Waals surface area contributed by atoms with Crippen molar-refractivity contribution in [2.75, 3.05) is 24.7 Å². The Hall–Kier alpha value is -1.40.